The lowest BCUT2D eigenvalue weighted by Crippen LogP contribution is -2.03. The maximum atomic E-state index is 10.5. The zero-order valence-corrected chi connectivity index (χ0v) is 11.6. The minimum Gasteiger partial charge on any atom is -0.388 e. The highest BCUT2D eigenvalue weighted by Gasteiger charge is 2.12. The summed E-state index contributed by atoms with van der Waals surface area (Å²) in [6, 6.07) is 17.3. The van der Waals surface area contributed by atoms with E-state index in [1.54, 1.807) is 6.20 Å². The lowest BCUT2D eigenvalue weighted by molar-refractivity contribution is 0.180. The standard InChI is InChI=1S/C17H14ClNO/c18-14-8-6-12(7-9-14)11-16(20)15-5-1-3-13-4-2-10-19-17(13)15/h1-10,16,20H,11H2. The zero-order chi connectivity index (χ0) is 13.9. The Kier molecular flexibility index (Phi) is 3.68. The molecule has 0 aliphatic rings. The number of fused-ring (bicyclic) bond motifs is 1. The number of rotatable bonds is 3. The smallest absolute Gasteiger partial charge is 0.0851 e. The highest BCUT2D eigenvalue weighted by atomic mass is 35.5. The summed E-state index contributed by atoms with van der Waals surface area (Å²) in [4.78, 5) is 4.38. The third-order valence-corrected chi connectivity index (χ3v) is 3.62. The van der Waals surface area contributed by atoms with Crippen molar-refractivity contribution < 1.29 is 5.11 Å². The van der Waals surface area contributed by atoms with Gasteiger partial charge in [0, 0.05) is 28.6 Å². The van der Waals surface area contributed by atoms with E-state index in [1.807, 2.05) is 54.6 Å². The Morgan fingerprint density at radius 3 is 2.55 bits per heavy atom. The molecule has 0 amide bonds. The second-order valence-corrected chi connectivity index (χ2v) is 5.21. The topological polar surface area (TPSA) is 33.1 Å². The molecule has 0 aliphatic heterocycles. The van der Waals surface area contributed by atoms with E-state index in [9.17, 15) is 5.11 Å². The van der Waals surface area contributed by atoms with Gasteiger partial charge in [0.2, 0.25) is 0 Å². The Bertz CT molecular complexity index is 719. The predicted molar refractivity (Wildman–Crippen MR) is 81.9 cm³/mol. The average molecular weight is 284 g/mol. The van der Waals surface area contributed by atoms with E-state index in [2.05, 4.69) is 4.98 Å². The summed E-state index contributed by atoms with van der Waals surface area (Å²) in [7, 11) is 0. The van der Waals surface area contributed by atoms with Crippen LogP contribution in [0.1, 0.15) is 17.2 Å². The highest BCUT2D eigenvalue weighted by molar-refractivity contribution is 6.30. The lowest BCUT2D eigenvalue weighted by Gasteiger charge is -2.13. The Morgan fingerprint density at radius 2 is 1.75 bits per heavy atom. The first-order valence-electron chi connectivity index (χ1n) is 6.50. The van der Waals surface area contributed by atoms with Crippen LogP contribution in [0.4, 0.5) is 0 Å². The Hall–Kier alpha value is -1.90. The van der Waals surface area contributed by atoms with Gasteiger partial charge in [0.1, 0.15) is 0 Å². The van der Waals surface area contributed by atoms with Gasteiger partial charge in [-0.3, -0.25) is 4.98 Å². The molecule has 0 bridgehead atoms. The molecule has 2 aromatic carbocycles. The summed E-state index contributed by atoms with van der Waals surface area (Å²) in [6.45, 7) is 0. The van der Waals surface area contributed by atoms with Crippen LogP contribution >= 0.6 is 11.6 Å². The molecule has 3 rings (SSSR count). The first-order valence-corrected chi connectivity index (χ1v) is 6.88. The van der Waals surface area contributed by atoms with Crippen LogP contribution in [-0.2, 0) is 6.42 Å². The van der Waals surface area contributed by atoms with Gasteiger partial charge >= 0.3 is 0 Å². The molecule has 0 saturated carbocycles. The Morgan fingerprint density at radius 1 is 1.00 bits per heavy atom. The first-order chi connectivity index (χ1) is 9.74. The molecule has 0 spiro atoms. The van der Waals surface area contributed by atoms with Gasteiger partial charge in [-0.1, -0.05) is 48.0 Å². The van der Waals surface area contributed by atoms with E-state index in [0.29, 0.717) is 11.4 Å². The zero-order valence-electron chi connectivity index (χ0n) is 10.8. The first kappa shape index (κ1) is 13.1. The monoisotopic (exact) mass is 283 g/mol. The molecule has 20 heavy (non-hydrogen) atoms. The largest absolute Gasteiger partial charge is 0.388 e. The quantitative estimate of drug-likeness (QED) is 0.783. The summed E-state index contributed by atoms with van der Waals surface area (Å²) < 4.78 is 0. The van der Waals surface area contributed by atoms with Crippen molar-refractivity contribution in [3.63, 3.8) is 0 Å². The Balaban J connectivity index is 1.92. The molecule has 1 aromatic heterocycles. The molecule has 1 N–H and O–H groups in total. The number of aromatic nitrogens is 1. The minimum absolute atomic E-state index is 0.548. The summed E-state index contributed by atoms with van der Waals surface area (Å²) in [5, 5.41) is 12.2. The molecule has 2 nitrogen and oxygen atoms in total. The molecular formula is C17H14ClNO. The molecule has 1 atom stereocenters. The van der Waals surface area contributed by atoms with E-state index in [0.717, 1.165) is 22.0 Å². The van der Waals surface area contributed by atoms with Crippen molar-refractivity contribution in [1.82, 2.24) is 4.98 Å². The molecule has 0 saturated heterocycles. The van der Waals surface area contributed by atoms with E-state index in [1.165, 1.54) is 0 Å². The van der Waals surface area contributed by atoms with E-state index >= 15 is 0 Å². The van der Waals surface area contributed by atoms with Crippen molar-refractivity contribution >= 4 is 22.5 Å². The number of hydrogen-bond acceptors (Lipinski definition) is 2. The maximum absolute atomic E-state index is 10.5. The van der Waals surface area contributed by atoms with Crippen LogP contribution in [-0.4, -0.2) is 10.1 Å². The molecular weight excluding hydrogens is 270 g/mol. The van der Waals surface area contributed by atoms with Crippen molar-refractivity contribution in [1.29, 1.82) is 0 Å². The van der Waals surface area contributed by atoms with E-state index in [4.69, 9.17) is 11.6 Å². The second-order valence-electron chi connectivity index (χ2n) is 4.77. The van der Waals surface area contributed by atoms with Gasteiger partial charge < -0.3 is 5.11 Å². The minimum atomic E-state index is -0.574. The van der Waals surface area contributed by atoms with Crippen molar-refractivity contribution in [3.05, 3.63) is 76.9 Å². The molecule has 0 radical (unpaired) electrons. The summed E-state index contributed by atoms with van der Waals surface area (Å²) in [5.41, 5.74) is 2.77. The van der Waals surface area contributed by atoms with E-state index in [-0.39, 0.29) is 0 Å². The van der Waals surface area contributed by atoms with Crippen molar-refractivity contribution in [2.24, 2.45) is 0 Å². The number of para-hydroxylation sites is 1. The van der Waals surface area contributed by atoms with Crippen LogP contribution in [0.25, 0.3) is 10.9 Å². The van der Waals surface area contributed by atoms with Gasteiger partial charge in [0.25, 0.3) is 0 Å². The number of nitrogens with zero attached hydrogens (tertiary/aromatic N) is 1. The molecule has 3 heteroatoms. The fraction of sp³-hybridized carbons (Fsp3) is 0.118. The summed E-state index contributed by atoms with van der Waals surface area (Å²) in [5.74, 6) is 0. The lowest BCUT2D eigenvalue weighted by atomic mass is 9.99. The molecule has 3 aromatic rings. The molecule has 1 unspecified atom stereocenters. The van der Waals surface area contributed by atoms with Crippen LogP contribution in [0, 0.1) is 0 Å². The van der Waals surface area contributed by atoms with Crippen molar-refractivity contribution in [2.45, 2.75) is 12.5 Å². The van der Waals surface area contributed by atoms with Crippen molar-refractivity contribution in [2.75, 3.05) is 0 Å². The summed E-state index contributed by atoms with van der Waals surface area (Å²) >= 11 is 5.87. The van der Waals surface area contributed by atoms with Crippen LogP contribution in [0.5, 0.6) is 0 Å². The van der Waals surface area contributed by atoms with Crippen molar-refractivity contribution in [3.8, 4) is 0 Å². The van der Waals surface area contributed by atoms with Crippen LogP contribution in [0.3, 0.4) is 0 Å². The SMILES string of the molecule is OC(Cc1ccc(Cl)cc1)c1cccc2cccnc12. The number of aliphatic hydroxyl groups excluding tert-OH is 1. The predicted octanol–water partition coefficient (Wildman–Crippen LogP) is 4.16. The summed E-state index contributed by atoms with van der Waals surface area (Å²) in [6.07, 6.45) is 1.73. The Labute approximate surface area is 122 Å². The molecule has 1 heterocycles. The van der Waals surface area contributed by atoms with Gasteiger partial charge in [-0.05, 0) is 23.8 Å². The van der Waals surface area contributed by atoms with Crippen LogP contribution in [0.2, 0.25) is 5.02 Å². The molecule has 0 fully saturated rings. The van der Waals surface area contributed by atoms with Gasteiger partial charge in [-0.25, -0.2) is 0 Å². The van der Waals surface area contributed by atoms with Gasteiger partial charge in [-0.2, -0.15) is 0 Å². The number of halogens is 1. The number of benzene rings is 2. The maximum Gasteiger partial charge on any atom is 0.0851 e. The number of hydrogen-bond donors (Lipinski definition) is 1. The normalized spacial score (nSPS) is 12.5. The second kappa shape index (κ2) is 5.61. The van der Waals surface area contributed by atoms with E-state index < -0.39 is 6.10 Å². The van der Waals surface area contributed by atoms with Gasteiger partial charge in [0.15, 0.2) is 0 Å². The van der Waals surface area contributed by atoms with Crippen LogP contribution in [0.15, 0.2) is 60.8 Å². The van der Waals surface area contributed by atoms with Gasteiger partial charge in [0.05, 0.1) is 11.6 Å². The fourth-order valence-corrected chi connectivity index (χ4v) is 2.48. The fourth-order valence-electron chi connectivity index (χ4n) is 2.35. The third kappa shape index (κ3) is 2.67. The van der Waals surface area contributed by atoms with Gasteiger partial charge in [-0.15, -0.1) is 0 Å². The molecule has 0 aliphatic carbocycles. The average Bonchev–Trinajstić information content (AvgIpc) is 2.49. The third-order valence-electron chi connectivity index (χ3n) is 3.37. The number of pyridine rings is 1. The highest BCUT2D eigenvalue weighted by Crippen LogP contribution is 2.25. The van der Waals surface area contributed by atoms with Crippen LogP contribution < -0.4 is 0 Å². The molecule has 100 valence electrons. The number of aliphatic hydroxyl groups is 1.